The van der Waals surface area contributed by atoms with Crippen LogP contribution in [0.2, 0.25) is 0 Å². The van der Waals surface area contributed by atoms with Crippen molar-refractivity contribution in [3.63, 3.8) is 0 Å². The molecule has 1 aliphatic heterocycles. The van der Waals surface area contributed by atoms with Crippen molar-refractivity contribution in [1.29, 1.82) is 0 Å². The van der Waals surface area contributed by atoms with Gasteiger partial charge in [-0.05, 0) is 37.7 Å². The molecule has 0 spiro atoms. The molecule has 108 valence electrons. The van der Waals surface area contributed by atoms with E-state index in [1.165, 1.54) is 5.56 Å². The first-order chi connectivity index (χ1) is 9.81. The van der Waals surface area contributed by atoms with Gasteiger partial charge in [-0.2, -0.15) is 0 Å². The molecular weight excluding hydrogens is 250 g/mol. The highest BCUT2D eigenvalue weighted by atomic mass is 16.2. The van der Waals surface area contributed by atoms with Gasteiger partial charge < -0.3 is 9.69 Å². The van der Waals surface area contributed by atoms with E-state index in [1.54, 1.807) is 4.90 Å². The van der Waals surface area contributed by atoms with E-state index in [9.17, 15) is 9.59 Å². The van der Waals surface area contributed by atoms with Crippen LogP contribution in [-0.2, 0) is 16.0 Å². The number of unbranched alkanes of at least 4 members (excludes halogenated alkanes) is 2. The molecule has 0 radical (unpaired) electrons. The zero-order valence-corrected chi connectivity index (χ0v) is 12.0. The van der Waals surface area contributed by atoms with E-state index in [4.69, 9.17) is 0 Å². The maximum atomic E-state index is 12.0. The predicted molar refractivity (Wildman–Crippen MR) is 79.4 cm³/mol. The lowest BCUT2D eigenvalue weighted by Crippen LogP contribution is -2.36. The van der Waals surface area contributed by atoms with E-state index >= 15 is 0 Å². The van der Waals surface area contributed by atoms with E-state index < -0.39 is 0 Å². The van der Waals surface area contributed by atoms with Crippen LogP contribution in [0, 0.1) is 0 Å². The summed E-state index contributed by atoms with van der Waals surface area (Å²) in [5.74, 6) is 0.152. The zero-order chi connectivity index (χ0) is 14.2. The Labute approximate surface area is 121 Å². The van der Waals surface area contributed by atoms with Crippen molar-refractivity contribution in [2.24, 2.45) is 0 Å². The lowest BCUT2D eigenvalue weighted by atomic mass is 10.1. The van der Waals surface area contributed by atoms with Crippen LogP contribution in [0.3, 0.4) is 0 Å². The van der Waals surface area contributed by atoms with Crippen LogP contribution in [0.5, 0.6) is 0 Å². The van der Waals surface area contributed by atoms with Crippen molar-refractivity contribution in [3.05, 3.63) is 35.9 Å². The van der Waals surface area contributed by atoms with E-state index in [0.717, 1.165) is 51.4 Å². The third-order valence-corrected chi connectivity index (χ3v) is 3.98. The number of hydrogen-bond donors (Lipinski definition) is 0. The normalized spacial score (nSPS) is 18.2. The standard InChI is InChI=1S/C17H23NO2/c19-14-16-11-7-13-18(16)17(20)12-6-2-5-10-15-8-3-1-4-9-15/h1,3-4,8-9,14,16H,2,5-7,10-13H2/t16-/m0/s1. The van der Waals surface area contributed by atoms with Gasteiger partial charge in [-0.3, -0.25) is 4.79 Å². The quantitative estimate of drug-likeness (QED) is 0.566. The lowest BCUT2D eigenvalue weighted by Gasteiger charge is -2.20. The van der Waals surface area contributed by atoms with Gasteiger partial charge in [-0.25, -0.2) is 0 Å². The van der Waals surface area contributed by atoms with E-state index in [-0.39, 0.29) is 11.9 Å². The Morgan fingerprint density at radius 2 is 2.00 bits per heavy atom. The molecule has 1 aromatic rings. The average Bonchev–Trinajstić information content (AvgIpc) is 2.96. The fourth-order valence-electron chi connectivity index (χ4n) is 2.81. The summed E-state index contributed by atoms with van der Waals surface area (Å²) >= 11 is 0. The van der Waals surface area contributed by atoms with Gasteiger partial charge in [0.25, 0.3) is 0 Å². The number of nitrogens with zero attached hydrogens (tertiary/aromatic N) is 1. The lowest BCUT2D eigenvalue weighted by molar-refractivity contribution is -0.134. The minimum Gasteiger partial charge on any atom is -0.333 e. The van der Waals surface area contributed by atoms with Crippen molar-refractivity contribution in [2.45, 2.75) is 51.0 Å². The Morgan fingerprint density at radius 3 is 2.75 bits per heavy atom. The summed E-state index contributed by atoms with van der Waals surface area (Å²) in [6.07, 6.45) is 7.49. The van der Waals surface area contributed by atoms with Gasteiger partial charge in [0.1, 0.15) is 6.29 Å². The molecule has 1 atom stereocenters. The second-order valence-corrected chi connectivity index (χ2v) is 5.48. The molecular formula is C17H23NO2. The number of aldehydes is 1. The largest absolute Gasteiger partial charge is 0.333 e. The maximum absolute atomic E-state index is 12.0. The summed E-state index contributed by atoms with van der Waals surface area (Å²) in [6.45, 7) is 0.756. The molecule has 20 heavy (non-hydrogen) atoms. The summed E-state index contributed by atoms with van der Waals surface area (Å²) in [5.41, 5.74) is 1.36. The number of amides is 1. The first-order valence-electron chi connectivity index (χ1n) is 7.60. The fraction of sp³-hybridized carbons (Fsp3) is 0.529. The van der Waals surface area contributed by atoms with E-state index in [2.05, 4.69) is 24.3 Å². The molecule has 3 heteroatoms. The fourth-order valence-corrected chi connectivity index (χ4v) is 2.81. The predicted octanol–water partition coefficient (Wildman–Crippen LogP) is 2.98. The number of likely N-dealkylation sites (tertiary alicyclic amines) is 1. The molecule has 1 aromatic carbocycles. The van der Waals surface area contributed by atoms with Crippen LogP contribution in [0.15, 0.2) is 30.3 Å². The highest BCUT2D eigenvalue weighted by Crippen LogP contribution is 2.17. The number of carbonyl (C=O) groups excluding carboxylic acids is 2. The summed E-state index contributed by atoms with van der Waals surface area (Å²) in [4.78, 5) is 24.6. The van der Waals surface area contributed by atoms with Gasteiger partial charge >= 0.3 is 0 Å². The Kier molecular flexibility index (Phi) is 5.78. The second kappa shape index (κ2) is 7.83. The van der Waals surface area contributed by atoms with Gasteiger partial charge in [0.2, 0.25) is 5.91 Å². The van der Waals surface area contributed by atoms with Crippen molar-refractivity contribution in [2.75, 3.05) is 6.54 Å². The minimum absolute atomic E-state index is 0.152. The van der Waals surface area contributed by atoms with Crippen LogP contribution in [0.25, 0.3) is 0 Å². The molecule has 1 aliphatic rings. The van der Waals surface area contributed by atoms with E-state index in [0.29, 0.717) is 6.42 Å². The van der Waals surface area contributed by atoms with Crippen molar-refractivity contribution in [3.8, 4) is 0 Å². The van der Waals surface area contributed by atoms with Crippen LogP contribution < -0.4 is 0 Å². The third-order valence-electron chi connectivity index (χ3n) is 3.98. The van der Waals surface area contributed by atoms with Crippen LogP contribution in [-0.4, -0.2) is 29.7 Å². The van der Waals surface area contributed by atoms with Crippen molar-refractivity contribution in [1.82, 2.24) is 4.90 Å². The average molecular weight is 273 g/mol. The van der Waals surface area contributed by atoms with Crippen molar-refractivity contribution < 1.29 is 9.59 Å². The van der Waals surface area contributed by atoms with Gasteiger partial charge in [-0.1, -0.05) is 36.8 Å². The molecule has 2 rings (SSSR count). The molecule has 0 saturated carbocycles. The maximum Gasteiger partial charge on any atom is 0.223 e. The molecule has 0 bridgehead atoms. The highest BCUT2D eigenvalue weighted by Gasteiger charge is 2.27. The van der Waals surface area contributed by atoms with Crippen LogP contribution in [0.4, 0.5) is 0 Å². The Balaban J connectivity index is 1.61. The van der Waals surface area contributed by atoms with Crippen molar-refractivity contribution >= 4 is 12.2 Å². The number of aryl methyl sites for hydroxylation is 1. The summed E-state index contributed by atoms with van der Waals surface area (Å²) in [5, 5.41) is 0. The Hall–Kier alpha value is -1.64. The SMILES string of the molecule is O=C[C@@H]1CCCN1C(=O)CCCCCc1ccccc1. The van der Waals surface area contributed by atoms with Gasteiger partial charge in [-0.15, -0.1) is 0 Å². The summed E-state index contributed by atoms with van der Waals surface area (Å²) in [6, 6.07) is 10.3. The van der Waals surface area contributed by atoms with Crippen LogP contribution in [0.1, 0.15) is 44.1 Å². The summed E-state index contributed by atoms with van der Waals surface area (Å²) in [7, 11) is 0. The summed E-state index contributed by atoms with van der Waals surface area (Å²) < 4.78 is 0. The molecule has 3 nitrogen and oxygen atoms in total. The molecule has 1 saturated heterocycles. The minimum atomic E-state index is -0.160. The van der Waals surface area contributed by atoms with Crippen LogP contribution >= 0.6 is 0 Å². The molecule has 1 amide bonds. The van der Waals surface area contributed by atoms with Gasteiger partial charge in [0, 0.05) is 13.0 Å². The first-order valence-corrected chi connectivity index (χ1v) is 7.60. The smallest absolute Gasteiger partial charge is 0.223 e. The third kappa shape index (κ3) is 4.19. The topological polar surface area (TPSA) is 37.4 Å². The molecule has 0 N–H and O–H groups in total. The number of benzene rings is 1. The highest BCUT2D eigenvalue weighted by molar-refractivity contribution is 5.80. The number of hydrogen-bond acceptors (Lipinski definition) is 2. The first kappa shape index (κ1) is 14.8. The van der Waals surface area contributed by atoms with E-state index in [1.807, 2.05) is 6.07 Å². The number of rotatable bonds is 7. The molecule has 1 heterocycles. The van der Waals surface area contributed by atoms with Gasteiger partial charge in [0.05, 0.1) is 6.04 Å². The van der Waals surface area contributed by atoms with Gasteiger partial charge in [0.15, 0.2) is 0 Å². The Morgan fingerprint density at radius 1 is 1.20 bits per heavy atom. The molecule has 1 fully saturated rings. The molecule has 0 aliphatic carbocycles. The second-order valence-electron chi connectivity index (χ2n) is 5.48. The molecule has 0 unspecified atom stereocenters. The number of carbonyl (C=O) groups is 2. The zero-order valence-electron chi connectivity index (χ0n) is 12.0. The molecule has 0 aromatic heterocycles. The Bertz CT molecular complexity index is 430. The monoisotopic (exact) mass is 273 g/mol.